The van der Waals surface area contributed by atoms with Crippen LogP contribution in [0.25, 0.3) is 11.1 Å². The number of aromatic nitrogens is 2. The van der Waals surface area contributed by atoms with E-state index in [1.54, 1.807) is 37.5 Å². The van der Waals surface area contributed by atoms with Crippen LogP contribution in [0.1, 0.15) is 20.4 Å². The summed E-state index contributed by atoms with van der Waals surface area (Å²) in [5, 5.41) is 11.8. The maximum atomic E-state index is 12.5. The lowest BCUT2D eigenvalue weighted by Gasteiger charge is -2.06. The highest BCUT2D eigenvalue weighted by molar-refractivity contribution is 7.15. The predicted octanol–water partition coefficient (Wildman–Crippen LogP) is 6.33. The van der Waals surface area contributed by atoms with Gasteiger partial charge in [-0.3, -0.25) is 4.79 Å². The molecule has 0 saturated carbocycles. The van der Waals surface area contributed by atoms with Crippen LogP contribution in [-0.4, -0.2) is 23.2 Å². The molecule has 0 saturated heterocycles. The highest BCUT2D eigenvalue weighted by Gasteiger charge is 2.15. The van der Waals surface area contributed by atoms with E-state index in [1.165, 1.54) is 0 Å². The number of nitrogens with zero attached hydrogens (tertiary/aromatic N) is 2. The van der Waals surface area contributed by atoms with Gasteiger partial charge >= 0.3 is 0 Å². The first-order valence-corrected chi connectivity index (χ1v) is 10.8. The van der Waals surface area contributed by atoms with Gasteiger partial charge in [-0.1, -0.05) is 53.3 Å². The van der Waals surface area contributed by atoms with Crippen LogP contribution in [0.5, 0.6) is 17.2 Å². The third-order valence-electron chi connectivity index (χ3n) is 4.30. The molecule has 1 N–H and O–H groups in total. The zero-order valence-corrected chi connectivity index (χ0v) is 18.6. The predicted molar refractivity (Wildman–Crippen MR) is 128 cm³/mol. The van der Waals surface area contributed by atoms with Crippen molar-refractivity contribution in [1.29, 1.82) is 0 Å². The van der Waals surface area contributed by atoms with E-state index in [-0.39, 0.29) is 10.9 Å². The van der Waals surface area contributed by atoms with Crippen molar-refractivity contribution in [2.45, 2.75) is 0 Å². The SMILES string of the molecule is COc1ccc(NC(=O)c2nnc(/C(Cl)=C/c3cccc(Oc4ccccc4)c3)s2)cc1. The van der Waals surface area contributed by atoms with Gasteiger partial charge in [0.25, 0.3) is 5.91 Å². The van der Waals surface area contributed by atoms with E-state index in [9.17, 15) is 4.79 Å². The number of para-hydroxylation sites is 1. The monoisotopic (exact) mass is 463 g/mol. The summed E-state index contributed by atoms with van der Waals surface area (Å²) in [6.07, 6.45) is 1.76. The second-order valence-corrected chi connectivity index (χ2v) is 7.96. The van der Waals surface area contributed by atoms with Gasteiger partial charge in [-0.2, -0.15) is 0 Å². The summed E-state index contributed by atoms with van der Waals surface area (Å²) in [5.41, 5.74) is 1.47. The summed E-state index contributed by atoms with van der Waals surface area (Å²) < 4.78 is 11.0. The minimum atomic E-state index is -0.360. The zero-order chi connectivity index (χ0) is 22.3. The van der Waals surface area contributed by atoms with Crippen LogP contribution in [0, 0.1) is 0 Å². The van der Waals surface area contributed by atoms with Gasteiger partial charge in [0.2, 0.25) is 5.01 Å². The summed E-state index contributed by atoms with van der Waals surface area (Å²) in [6.45, 7) is 0. The van der Waals surface area contributed by atoms with Gasteiger partial charge in [-0.05, 0) is 60.2 Å². The minimum absolute atomic E-state index is 0.212. The summed E-state index contributed by atoms with van der Waals surface area (Å²) >= 11 is 7.56. The maximum absolute atomic E-state index is 12.5. The Morgan fingerprint density at radius 3 is 2.38 bits per heavy atom. The first kappa shape index (κ1) is 21.5. The molecule has 0 aliphatic rings. The second-order valence-electron chi connectivity index (χ2n) is 6.57. The molecule has 0 radical (unpaired) electrons. The normalized spacial score (nSPS) is 11.1. The molecule has 1 amide bonds. The number of hydrogen-bond donors (Lipinski definition) is 1. The van der Waals surface area contributed by atoms with Crippen molar-refractivity contribution in [1.82, 2.24) is 10.2 Å². The van der Waals surface area contributed by atoms with Crippen LogP contribution < -0.4 is 14.8 Å². The Hall–Kier alpha value is -3.68. The van der Waals surface area contributed by atoms with Crippen molar-refractivity contribution >= 4 is 45.6 Å². The second kappa shape index (κ2) is 10.1. The van der Waals surface area contributed by atoms with Crippen LogP contribution in [0.15, 0.2) is 78.9 Å². The standard InChI is InChI=1S/C24H18ClN3O3S/c1-30-18-12-10-17(11-13-18)26-22(29)24-28-27-23(32-24)21(25)15-16-6-5-9-20(14-16)31-19-7-3-2-4-8-19/h2-15H,1H3,(H,26,29)/b21-15-. The number of amides is 1. The molecule has 0 unspecified atom stereocenters. The van der Waals surface area contributed by atoms with Crippen LogP contribution in [-0.2, 0) is 0 Å². The summed E-state index contributed by atoms with van der Waals surface area (Å²) in [6, 6.07) is 24.0. The molecule has 0 atom stereocenters. The van der Waals surface area contributed by atoms with Gasteiger partial charge < -0.3 is 14.8 Å². The summed E-state index contributed by atoms with van der Waals surface area (Å²) in [5.74, 6) is 1.78. The average molecular weight is 464 g/mol. The van der Waals surface area contributed by atoms with E-state index >= 15 is 0 Å². The topological polar surface area (TPSA) is 73.3 Å². The Bertz CT molecular complexity index is 1240. The maximum Gasteiger partial charge on any atom is 0.286 e. The Morgan fingerprint density at radius 1 is 0.906 bits per heavy atom. The van der Waals surface area contributed by atoms with Crippen molar-refractivity contribution in [3.63, 3.8) is 0 Å². The number of hydrogen-bond acceptors (Lipinski definition) is 6. The van der Waals surface area contributed by atoms with Crippen molar-refractivity contribution < 1.29 is 14.3 Å². The molecule has 0 aliphatic carbocycles. The molecule has 6 nitrogen and oxygen atoms in total. The number of methoxy groups -OCH3 is 1. The number of nitrogens with one attached hydrogen (secondary N) is 1. The van der Waals surface area contributed by atoms with Crippen LogP contribution in [0.2, 0.25) is 0 Å². The molecule has 3 aromatic carbocycles. The van der Waals surface area contributed by atoms with Crippen molar-refractivity contribution in [3.8, 4) is 17.2 Å². The quantitative estimate of drug-likeness (QED) is 0.346. The highest BCUT2D eigenvalue weighted by Crippen LogP contribution is 2.28. The summed E-state index contributed by atoms with van der Waals surface area (Å²) in [4.78, 5) is 12.5. The van der Waals surface area contributed by atoms with Crippen molar-refractivity contribution in [2.75, 3.05) is 12.4 Å². The first-order chi connectivity index (χ1) is 15.6. The van der Waals surface area contributed by atoms with Crippen LogP contribution in [0.4, 0.5) is 5.69 Å². The molecule has 1 heterocycles. The molecule has 160 valence electrons. The molecule has 0 spiro atoms. The largest absolute Gasteiger partial charge is 0.497 e. The van der Waals surface area contributed by atoms with E-state index in [2.05, 4.69) is 15.5 Å². The molecule has 0 aliphatic heterocycles. The van der Waals surface area contributed by atoms with Gasteiger partial charge in [0.05, 0.1) is 12.1 Å². The van der Waals surface area contributed by atoms with Crippen molar-refractivity contribution in [2.24, 2.45) is 0 Å². The van der Waals surface area contributed by atoms with Gasteiger partial charge in [0.15, 0.2) is 5.01 Å². The third kappa shape index (κ3) is 5.51. The molecule has 0 fully saturated rings. The van der Waals surface area contributed by atoms with E-state index in [4.69, 9.17) is 21.1 Å². The van der Waals surface area contributed by atoms with E-state index in [1.807, 2.05) is 54.6 Å². The number of rotatable bonds is 7. The van der Waals surface area contributed by atoms with E-state index in [0.29, 0.717) is 27.2 Å². The molecular formula is C24H18ClN3O3S. The van der Waals surface area contributed by atoms with Crippen LogP contribution in [0.3, 0.4) is 0 Å². The number of carbonyl (C=O) groups excluding carboxylic acids is 1. The fourth-order valence-corrected chi connectivity index (χ4v) is 3.70. The van der Waals surface area contributed by atoms with Gasteiger partial charge in [0, 0.05) is 5.69 Å². The molecule has 0 bridgehead atoms. The van der Waals surface area contributed by atoms with Crippen LogP contribution >= 0.6 is 22.9 Å². The fraction of sp³-hybridized carbons (Fsp3) is 0.0417. The van der Waals surface area contributed by atoms with E-state index < -0.39 is 0 Å². The average Bonchev–Trinajstić information content (AvgIpc) is 3.31. The molecular weight excluding hydrogens is 446 g/mol. The van der Waals surface area contributed by atoms with E-state index in [0.717, 1.165) is 22.6 Å². The fourth-order valence-electron chi connectivity index (χ4n) is 2.77. The lowest BCUT2D eigenvalue weighted by atomic mass is 10.2. The smallest absolute Gasteiger partial charge is 0.286 e. The van der Waals surface area contributed by atoms with Gasteiger partial charge in [-0.15, -0.1) is 10.2 Å². The molecule has 4 rings (SSSR count). The van der Waals surface area contributed by atoms with Crippen molar-refractivity contribution in [3.05, 3.63) is 94.4 Å². The Morgan fingerprint density at radius 2 is 1.62 bits per heavy atom. The summed E-state index contributed by atoms with van der Waals surface area (Å²) in [7, 11) is 1.58. The highest BCUT2D eigenvalue weighted by atomic mass is 35.5. The molecule has 1 aromatic heterocycles. The Balaban J connectivity index is 1.45. The lowest BCUT2D eigenvalue weighted by Crippen LogP contribution is -2.11. The molecule has 32 heavy (non-hydrogen) atoms. The number of halogens is 1. The Labute approximate surface area is 194 Å². The minimum Gasteiger partial charge on any atom is -0.497 e. The number of benzene rings is 3. The third-order valence-corrected chi connectivity index (χ3v) is 5.66. The molecule has 8 heteroatoms. The number of ether oxygens (including phenoxy) is 2. The zero-order valence-electron chi connectivity index (χ0n) is 17.0. The van der Waals surface area contributed by atoms with Gasteiger partial charge in [0.1, 0.15) is 17.2 Å². The molecule has 4 aromatic rings. The lowest BCUT2D eigenvalue weighted by molar-refractivity contribution is 0.102. The first-order valence-electron chi connectivity index (χ1n) is 9.60. The Kier molecular flexibility index (Phi) is 6.79. The number of anilines is 1. The number of carbonyl (C=O) groups is 1. The van der Waals surface area contributed by atoms with Gasteiger partial charge in [-0.25, -0.2) is 0 Å².